The number of rotatable bonds is 8. The largest absolute Gasteiger partial charge is 0.361 e. The SMILES string of the molecule is CCCCC[C@@H](C)CNC(=S)NNC(=S)Nc1cc([N+](=O)[O-])ccc1Cl. The number of anilines is 1. The highest BCUT2D eigenvalue weighted by molar-refractivity contribution is 7.80. The van der Waals surface area contributed by atoms with Gasteiger partial charge in [-0.2, -0.15) is 0 Å². The lowest BCUT2D eigenvalue weighted by Gasteiger charge is -2.17. The minimum Gasteiger partial charge on any atom is -0.361 e. The van der Waals surface area contributed by atoms with Crippen LogP contribution in [0, 0.1) is 16.0 Å². The van der Waals surface area contributed by atoms with Gasteiger partial charge in [-0.3, -0.25) is 21.0 Å². The van der Waals surface area contributed by atoms with Gasteiger partial charge in [-0.05, 0) is 42.8 Å². The average Bonchev–Trinajstić information content (AvgIpc) is 2.60. The Bertz CT molecular complexity index is 645. The number of unbranched alkanes of at least 4 members (excludes halogenated alkanes) is 2. The number of halogens is 1. The summed E-state index contributed by atoms with van der Waals surface area (Å²) in [6.45, 7) is 5.13. The molecule has 0 aliphatic carbocycles. The molecule has 0 aliphatic rings. The van der Waals surface area contributed by atoms with Crippen LogP contribution >= 0.6 is 36.0 Å². The number of nitro benzene ring substituents is 1. The zero-order chi connectivity index (χ0) is 19.5. The molecule has 1 aromatic rings. The average molecular weight is 418 g/mol. The van der Waals surface area contributed by atoms with Crippen molar-refractivity contribution in [1.82, 2.24) is 16.2 Å². The van der Waals surface area contributed by atoms with Crippen molar-refractivity contribution in [2.45, 2.75) is 39.5 Å². The van der Waals surface area contributed by atoms with Gasteiger partial charge in [0.05, 0.1) is 15.6 Å². The van der Waals surface area contributed by atoms with Crippen LogP contribution < -0.4 is 21.5 Å². The predicted octanol–water partition coefficient (Wildman–Crippen LogP) is 4.13. The van der Waals surface area contributed by atoms with E-state index in [1.54, 1.807) is 0 Å². The number of hydrogen-bond donors (Lipinski definition) is 4. The second-order valence-corrected chi connectivity index (χ2v) is 7.16. The third kappa shape index (κ3) is 8.59. The van der Waals surface area contributed by atoms with E-state index < -0.39 is 4.92 Å². The summed E-state index contributed by atoms with van der Waals surface area (Å²) in [5.41, 5.74) is 5.75. The highest BCUT2D eigenvalue weighted by atomic mass is 35.5. The fraction of sp³-hybridized carbons (Fsp3) is 0.500. The van der Waals surface area contributed by atoms with E-state index in [1.165, 1.54) is 37.5 Å². The molecule has 1 aromatic carbocycles. The summed E-state index contributed by atoms with van der Waals surface area (Å²) in [6.07, 6.45) is 4.83. The van der Waals surface area contributed by atoms with Crippen LogP contribution in [0.4, 0.5) is 11.4 Å². The molecule has 0 radical (unpaired) electrons. The smallest absolute Gasteiger partial charge is 0.271 e. The first-order valence-electron chi connectivity index (χ1n) is 8.38. The fourth-order valence-electron chi connectivity index (χ4n) is 2.15. The number of non-ortho nitro benzene ring substituents is 1. The van der Waals surface area contributed by atoms with Crippen LogP contribution in [0.15, 0.2) is 18.2 Å². The lowest BCUT2D eigenvalue weighted by Crippen LogP contribution is -2.48. The first kappa shape index (κ1) is 22.3. The van der Waals surface area contributed by atoms with Gasteiger partial charge < -0.3 is 10.6 Å². The Labute approximate surface area is 169 Å². The van der Waals surface area contributed by atoms with E-state index in [-0.39, 0.29) is 10.8 Å². The summed E-state index contributed by atoms with van der Waals surface area (Å²) in [7, 11) is 0. The Balaban J connectivity index is 2.37. The molecule has 144 valence electrons. The van der Waals surface area contributed by atoms with Crippen molar-refractivity contribution in [2.75, 3.05) is 11.9 Å². The standard InChI is InChI=1S/C16H24ClN5O2S2/c1-3-4-5-6-11(2)10-18-15(25)20-21-16(26)19-14-9-12(22(23)24)7-8-13(14)17/h7-9,11H,3-6,10H2,1-2H3,(H2,18,20,25)(H2,19,21,26)/t11-/m1/s1. The summed E-state index contributed by atoms with van der Waals surface area (Å²) in [4.78, 5) is 10.3. The monoisotopic (exact) mass is 417 g/mol. The number of hydrogen-bond acceptors (Lipinski definition) is 4. The molecule has 0 spiro atoms. The fourth-order valence-corrected chi connectivity index (χ4v) is 2.61. The summed E-state index contributed by atoms with van der Waals surface area (Å²) < 4.78 is 0. The maximum Gasteiger partial charge on any atom is 0.271 e. The van der Waals surface area contributed by atoms with E-state index in [1.807, 2.05) is 0 Å². The molecule has 0 aliphatic heterocycles. The van der Waals surface area contributed by atoms with Gasteiger partial charge in [-0.15, -0.1) is 0 Å². The van der Waals surface area contributed by atoms with Gasteiger partial charge in [0.2, 0.25) is 0 Å². The molecule has 0 heterocycles. The topological polar surface area (TPSA) is 91.3 Å². The highest BCUT2D eigenvalue weighted by Crippen LogP contribution is 2.26. The Morgan fingerprint density at radius 1 is 1.27 bits per heavy atom. The quantitative estimate of drug-likeness (QED) is 0.217. The van der Waals surface area contributed by atoms with Crippen LogP contribution in [-0.4, -0.2) is 21.7 Å². The molecule has 4 N–H and O–H groups in total. The lowest BCUT2D eigenvalue weighted by molar-refractivity contribution is -0.384. The van der Waals surface area contributed by atoms with E-state index in [4.69, 9.17) is 36.0 Å². The van der Waals surface area contributed by atoms with E-state index in [9.17, 15) is 10.1 Å². The van der Waals surface area contributed by atoms with Gasteiger partial charge in [0.15, 0.2) is 10.2 Å². The van der Waals surface area contributed by atoms with Gasteiger partial charge in [-0.25, -0.2) is 0 Å². The zero-order valence-corrected chi connectivity index (χ0v) is 17.2. The van der Waals surface area contributed by atoms with Gasteiger partial charge >= 0.3 is 0 Å². The van der Waals surface area contributed by atoms with Crippen LogP contribution in [0.5, 0.6) is 0 Å². The molecule has 0 aromatic heterocycles. The number of nitrogens with zero attached hydrogens (tertiary/aromatic N) is 1. The molecule has 1 atom stereocenters. The van der Waals surface area contributed by atoms with Crippen LogP contribution in [0.25, 0.3) is 0 Å². The second kappa shape index (κ2) is 11.8. The molecule has 0 bridgehead atoms. The summed E-state index contributed by atoms with van der Waals surface area (Å²) in [6, 6.07) is 4.07. The number of nitro groups is 1. The molecule has 0 fully saturated rings. The molecular weight excluding hydrogens is 394 g/mol. The van der Waals surface area contributed by atoms with Gasteiger partial charge in [0, 0.05) is 18.7 Å². The molecule has 0 saturated carbocycles. The van der Waals surface area contributed by atoms with Crippen molar-refractivity contribution in [3.63, 3.8) is 0 Å². The summed E-state index contributed by atoms with van der Waals surface area (Å²) in [5.74, 6) is 0.523. The number of thiocarbonyl (C=S) groups is 2. The minimum absolute atomic E-state index is 0.0816. The van der Waals surface area contributed by atoms with Crippen molar-refractivity contribution >= 4 is 57.6 Å². The third-order valence-electron chi connectivity index (χ3n) is 3.61. The first-order valence-corrected chi connectivity index (χ1v) is 9.57. The van der Waals surface area contributed by atoms with E-state index in [2.05, 4.69) is 35.3 Å². The van der Waals surface area contributed by atoms with Crippen LogP contribution in [0.1, 0.15) is 39.5 Å². The van der Waals surface area contributed by atoms with Gasteiger partial charge in [0.1, 0.15) is 0 Å². The predicted molar refractivity (Wildman–Crippen MR) is 115 cm³/mol. The molecular formula is C16H24ClN5O2S2. The number of hydrazine groups is 1. The maximum absolute atomic E-state index is 10.8. The van der Waals surface area contributed by atoms with E-state index >= 15 is 0 Å². The summed E-state index contributed by atoms with van der Waals surface area (Å²) >= 11 is 16.3. The molecule has 7 nitrogen and oxygen atoms in total. The van der Waals surface area contributed by atoms with E-state index in [0.29, 0.717) is 21.7 Å². The first-order chi connectivity index (χ1) is 12.3. The Kier molecular flexibility index (Phi) is 10.2. The van der Waals surface area contributed by atoms with Crippen molar-refractivity contribution < 1.29 is 4.92 Å². The van der Waals surface area contributed by atoms with E-state index in [0.717, 1.165) is 13.0 Å². The molecule has 0 saturated heterocycles. The molecule has 26 heavy (non-hydrogen) atoms. The third-order valence-corrected chi connectivity index (χ3v) is 4.39. The molecule has 1 rings (SSSR count). The van der Waals surface area contributed by atoms with Crippen molar-refractivity contribution in [2.24, 2.45) is 5.92 Å². The lowest BCUT2D eigenvalue weighted by atomic mass is 10.0. The number of benzene rings is 1. The maximum atomic E-state index is 10.8. The minimum atomic E-state index is -0.503. The molecule has 0 unspecified atom stereocenters. The Hall–Kier alpha value is -1.71. The van der Waals surface area contributed by atoms with Crippen molar-refractivity contribution in [3.05, 3.63) is 33.3 Å². The van der Waals surface area contributed by atoms with Gasteiger partial charge in [-0.1, -0.05) is 44.7 Å². The van der Waals surface area contributed by atoms with Crippen molar-refractivity contribution in [1.29, 1.82) is 0 Å². The summed E-state index contributed by atoms with van der Waals surface area (Å²) in [5, 5.41) is 17.7. The van der Waals surface area contributed by atoms with Crippen LogP contribution in [0.3, 0.4) is 0 Å². The van der Waals surface area contributed by atoms with Crippen molar-refractivity contribution in [3.8, 4) is 0 Å². The Morgan fingerprint density at radius 3 is 2.62 bits per heavy atom. The highest BCUT2D eigenvalue weighted by Gasteiger charge is 2.11. The number of nitrogens with one attached hydrogen (secondary N) is 4. The van der Waals surface area contributed by atoms with Gasteiger partial charge in [0.25, 0.3) is 5.69 Å². The van der Waals surface area contributed by atoms with Crippen LogP contribution in [0.2, 0.25) is 5.02 Å². The normalized spacial score (nSPS) is 11.3. The van der Waals surface area contributed by atoms with Crippen LogP contribution in [-0.2, 0) is 0 Å². The Morgan fingerprint density at radius 2 is 1.96 bits per heavy atom. The molecule has 10 heteroatoms. The second-order valence-electron chi connectivity index (χ2n) is 5.94. The molecule has 0 amide bonds. The zero-order valence-electron chi connectivity index (χ0n) is 14.8.